The van der Waals surface area contributed by atoms with Crippen molar-refractivity contribution in [1.29, 1.82) is 0 Å². The van der Waals surface area contributed by atoms with E-state index in [0.29, 0.717) is 11.4 Å². The van der Waals surface area contributed by atoms with Crippen molar-refractivity contribution in [1.82, 2.24) is 9.97 Å². The molecule has 0 fully saturated rings. The summed E-state index contributed by atoms with van der Waals surface area (Å²) in [5.41, 5.74) is 5.98. The van der Waals surface area contributed by atoms with Crippen molar-refractivity contribution >= 4 is 33.3 Å². The summed E-state index contributed by atoms with van der Waals surface area (Å²) in [5, 5.41) is 5.71. The van der Waals surface area contributed by atoms with E-state index in [9.17, 15) is 8.78 Å². The van der Waals surface area contributed by atoms with Gasteiger partial charge in [0, 0.05) is 18.2 Å². The average Bonchev–Trinajstić information content (AvgIpc) is 2.85. The minimum absolute atomic E-state index is 0.155. The first-order chi connectivity index (χ1) is 9.63. The van der Waals surface area contributed by atoms with Crippen LogP contribution in [-0.2, 0) is 6.54 Å². The van der Waals surface area contributed by atoms with Gasteiger partial charge in [0.05, 0.1) is 5.39 Å². The van der Waals surface area contributed by atoms with Gasteiger partial charge in [-0.1, -0.05) is 6.07 Å². The highest BCUT2D eigenvalue weighted by Crippen LogP contribution is 2.26. The number of halogens is 2. The first kappa shape index (κ1) is 12.7. The predicted octanol–water partition coefficient (Wildman–Crippen LogP) is 3.16. The van der Waals surface area contributed by atoms with Crippen molar-refractivity contribution in [2.24, 2.45) is 0 Å². The lowest BCUT2D eigenvalue weighted by molar-refractivity contribution is 0.574. The molecule has 102 valence electrons. The topological polar surface area (TPSA) is 63.8 Å². The second-order valence-electron chi connectivity index (χ2n) is 4.16. The van der Waals surface area contributed by atoms with E-state index in [4.69, 9.17) is 5.73 Å². The Balaban J connectivity index is 1.88. The van der Waals surface area contributed by atoms with E-state index in [-0.39, 0.29) is 12.5 Å². The lowest BCUT2D eigenvalue weighted by Gasteiger charge is -2.08. The molecule has 3 rings (SSSR count). The molecule has 0 saturated heterocycles. The van der Waals surface area contributed by atoms with Gasteiger partial charge in [0.1, 0.15) is 22.3 Å². The molecular formula is C13H10F2N4S. The number of nitrogens with one attached hydrogen (secondary N) is 1. The molecule has 0 aliphatic heterocycles. The number of nitrogens with two attached hydrogens (primary N) is 1. The number of aromatic nitrogens is 2. The van der Waals surface area contributed by atoms with Crippen LogP contribution < -0.4 is 11.1 Å². The molecule has 3 aromatic rings. The number of thiophene rings is 1. The molecule has 0 aliphatic rings. The molecular weight excluding hydrogens is 282 g/mol. The van der Waals surface area contributed by atoms with Gasteiger partial charge < -0.3 is 11.1 Å². The van der Waals surface area contributed by atoms with Crippen LogP contribution in [-0.4, -0.2) is 9.97 Å². The van der Waals surface area contributed by atoms with Gasteiger partial charge in [0.15, 0.2) is 0 Å². The first-order valence-electron chi connectivity index (χ1n) is 5.82. The fourth-order valence-electron chi connectivity index (χ4n) is 1.85. The molecule has 0 bridgehead atoms. The van der Waals surface area contributed by atoms with Gasteiger partial charge in [0.25, 0.3) is 0 Å². The summed E-state index contributed by atoms with van der Waals surface area (Å²) in [6.07, 6.45) is 0. The number of hydrogen-bond donors (Lipinski definition) is 2. The Morgan fingerprint density at radius 2 is 2.05 bits per heavy atom. The van der Waals surface area contributed by atoms with Crippen molar-refractivity contribution in [3.63, 3.8) is 0 Å². The fraction of sp³-hybridized carbons (Fsp3) is 0.0769. The molecule has 1 aromatic carbocycles. The summed E-state index contributed by atoms with van der Waals surface area (Å²) in [7, 11) is 0. The van der Waals surface area contributed by atoms with E-state index in [1.54, 1.807) is 0 Å². The van der Waals surface area contributed by atoms with Crippen LogP contribution in [0, 0.1) is 11.6 Å². The largest absolute Gasteiger partial charge is 0.368 e. The molecule has 7 heteroatoms. The summed E-state index contributed by atoms with van der Waals surface area (Å²) in [5.74, 6) is -0.502. The molecule has 0 spiro atoms. The standard InChI is InChI=1S/C13H10F2N4S/c14-8-2-1-7(10(15)5-8)6-17-11-9-3-4-20-12(9)19-13(16)18-11/h1-5H,6H2,(H3,16,17,18,19). The Hall–Kier alpha value is -2.28. The van der Waals surface area contributed by atoms with E-state index in [1.165, 1.54) is 23.5 Å². The molecule has 0 atom stereocenters. The fourth-order valence-corrected chi connectivity index (χ4v) is 2.62. The van der Waals surface area contributed by atoms with Crippen LogP contribution >= 0.6 is 11.3 Å². The maximum absolute atomic E-state index is 13.6. The van der Waals surface area contributed by atoms with Gasteiger partial charge in [-0.2, -0.15) is 4.98 Å². The molecule has 0 aliphatic carbocycles. The lowest BCUT2D eigenvalue weighted by Crippen LogP contribution is -2.06. The van der Waals surface area contributed by atoms with Crippen molar-refractivity contribution in [2.45, 2.75) is 6.54 Å². The van der Waals surface area contributed by atoms with Crippen LogP contribution in [0.3, 0.4) is 0 Å². The average molecular weight is 292 g/mol. The second-order valence-corrected chi connectivity index (χ2v) is 5.05. The van der Waals surface area contributed by atoms with E-state index in [0.717, 1.165) is 16.3 Å². The predicted molar refractivity (Wildman–Crippen MR) is 75.5 cm³/mol. The Morgan fingerprint density at radius 3 is 2.85 bits per heavy atom. The Morgan fingerprint density at radius 1 is 1.20 bits per heavy atom. The zero-order chi connectivity index (χ0) is 14.1. The van der Waals surface area contributed by atoms with Gasteiger partial charge in [-0.05, 0) is 17.5 Å². The number of anilines is 2. The maximum Gasteiger partial charge on any atom is 0.223 e. The summed E-state index contributed by atoms with van der Waals surface area (Å²) >= 11 is 1.45. The van der Waals surface area contributed by atoms with Crippen LogP contribution in [0.4, 0.5) is 20.5 Å². The number of nitrogen functional groups attached to an aromatic ring is 1. The Bertz CT molecular complexity index is 772. The van der Waals surface area contributed by atoms with E-state index < -0.39 is 11.6 Å². The third kappa shape index (κ3) is 2.39. The second kappa shape index (κ2) is 5.01. The summed E-state index contributed by atoms with van der Waals surface area (Å²) in [4.78, 5) is 8.97. The Kier molecular flexibility index (Phi) is 3.19. The zero-order valence-corrected chi connectivity index (χ0v) is 11.0. The van der Waals surface area contributed by atoms with Crippen LogP contribution in [0.15, 0.2) is 29.6 Å². The van der Waals surface area contributed by atoms with Crippen LogP contribution in [0.1, 0.15) is 5.56 Å². The van der Waals surface area contributed by atoms with Crippen LogP contribution in [0.25, 0.3) is 10.2 Å². The maximum atomic E-state index is 13.6. The lowest BCUT2D eigenvalue weighted by atomic mass is 10.2. The van der Waals surface area contributed by atoms with Crippen LogP contribution in [0.2, 0.25) is 0 Å². The van der Waals surface area contributed by atoms with E-state index >= 15 is 0 Å². The van der Waals surface area contributed by atoms with Gasteiger partial charge in [-0.25, -0.2) is 13.8 Å². The normalized spacial score (nSPS) is 10.9. The zero-order valence-electron chi connectivity index (χ0n) is 10.2. The van der Waals surface area contributed by atoms with Gasteiger partial charge in [0.2, 0.25) is 5.95 Å². The van der Waals surface area contributed by atoms with Crippen LogP contribution in [0.5, 0.6) is 0 Å². The molecule has 2 aromatic heterocycles. The molecule has 3 N–H and O–H groups in total. The number of fused-ring (bicyclic) bond motifs is 1. The third-order valence-corrected chi connectivity index (χ3v) is 3.61. The third-order valence-electron chi connectivity index (χ3n) is 2.80. The molecule has 0 unspecified atom stereocenters. The number of nitrogens with zero attached hydrogens (tertiary/aromatic N) is 2. The molecule has 0 radical (unpaired) electrons. The highest BCUT2D eigenvalue weighted by atomic mass is 32.1. The summed E-state index contributed by atoms with van der Waals surface area (Å²) < 4.78 is 26.4. The smallest absolute Gasteiger partial charge is 0.223 e. The van der Waals surface area contributed by atoms with E-state index in [2.05, 4.69) is 15.3 Å². The quantitative estimate of drug-likeness (QED) is 0.778. The van der Waals surface area contributed by atoms with Crippen molar-refractivity contribution in [2.75, 3.05) is 11.1 Å². The molecule has 0 amide bonds. The molecule has 2 heterocycles. The highest BCUT2D eigenvalue weighted by Gasteiger charge is 2.09. The summed E-state index contributed by atoms with van der Waals surface area (Å²) in [6, 6.07) is 5.33. The first-order valence-corrected chi connectivity index (χ1v) is 6.70. The molecule has 4 nitrogen and oxygen atoms in total. The van der Waals surface area contributed by atoms with Crippen molar-refractivity contribution in [3.05, 3.63) is 46.8 Å². The van der Waals surface area contributed by atoms with Crippen molar-refractivity contribution < 1.29 is 8.78 Å². The number of hydrogen-bond acceptors (Lipinski definition) is 5. The molecule has 0 saturated carbocycles. The molecule has 20 heavy (non-hydrogen) atoms. The summed E-state index contributed by atoms with van der Waals surface area (Å²) in [6.45, 7) is 0.188. The highest BCUT2D eigenvalue weighted by molar-refractivity contribution is 7.16. The van der Waals surface area contributed by atoms with Gasteiger partial charge in [-0.15, -0.1) is 11.3 Å². The van der Waals surface area contributed by atoms with Gasteiger partial charge in [-0.3, -0.25) is 0 Å². The SMILES string of the molecule is Nc1nc(NCc2ccc(F)cc2F)c2ccsc2n1. The van der Waals surface area contributed by atoms with Gasteiger partial charge >= 0.3 is 0 Å². The number of benzene rings is 1. The Labute approximate surface area is 117 Å². The minimum Gasteiger partial charge on any atom is -0.368 e. The number of rotatable bonds is 3. The van der Waals surface area contributed by atoms with Crippen molar-refractivity contribution in [3.8, 4) is 0 Å². The monoisotopic (exact) mass is 292 g/mol. The van der Waals surface area contributed by atoms with E-state index in [1.807, 2.05) is 11.4 Å². The minimum atomic E-state index is -0.599.